The van der Waals surface area contributed by atoms with Gasteiger partial charge in [-0.25, -0.2) is 0 Å². The minimum atomic E-state index is 0.0930. The second-order valence-corrected chi connectivity index (χ2v) is 5.24. The van der Waals surface area contributed by atoms with Crippen molar-refractivity contribution in [1.82, 2.24) is 15.0 Å². The molecule has 0 atom stereocenters. The van der Waals surface area contributed by atoms with E-state index < -0.39 is 0 Å². The van der Waals surface area contributed by atoms with Crippen LogP contribution in [0.25, 0.3) is 11.6 Å². The molecule has 0 saturated carbocycles. The molecule has 0 aliphatic rings. The number of allylic oxidation sites excluding steroid dienone is 1. The van der Waals surface area contributed by atoms with Gasteiger partial charge in [0.2, 0.25) is 11.9 Å². The van der Waals surface area contributed by atoms with Crippen molar-refractivity contribution in [3.05, 3.63) is 40.7 Å². The molecule has 1 heterocycles. The lowest BCUT2D eigenvalue weighted by atomic mass is 10.0. The second kappa shape index (κ2) is 6.22. The van der Waals surface area contributed by atoms with Crippen molar-refractivity contribution in [1.29, 1.82) is 5.26 Å². The zero-order valence-electron chi connectivity index (χ0n) is 13.1. The van der Waals surface area contributed by atoms with Crippen molar-refractivity contribution in [2.45, 2.75) is 13.8 Å². The van der Waals surface area contributed by atoms with Crippen LogP contribution >= 0.6 is 0 Å². The highest BCUT2D eigenvalue weighted by Crippen LogP contribution is 2.19. The molecule has 0 aliphatic heterocycles. The summed E-state index contributed by atoms with van der Waals surface area (Å²) in [5.74, 6) is 0.790. The number of aromatic nitrogens is 3. The summed E-state index contributed by atoms with van der Waals surface area (Å²) in [5, 5.41) is 9.43. The van der Waals surface area contributed by atoms with Gasteiger partial charge in [0, 0.05) is 14.1 Å². The molecule has 0 spiro atoms. The molecule has 112 valence electrons. The molecule has 0 saturated heterocycles. The molecule has 2 aromatic rings. The number of hydrogen-bond donors (Lipinski definition) is 1. The Morgan fingerprint density at radius 1 is 1.23 bits per heavy atom. The monoisotopic (exact) mass is 294 g/mol. The number of nitrogens with zero attached hydrogens (tertiary/aromatic N) is 5. The Morgan fingerprint density at radius 3 is 2.55 bits per heavy atom. The van der Waals surface area contributed by atoms with Gasteiger partial charge >= 0.3 is 0 Å². The van der Waals surface area contributed by atoms with Gasteiger partial charge in [0.25, 0.3) is 0 Å². The summed E-state index contributed by atoms with van der Waals surface area (Å²) >= 11 is 0. The first kappa shape index (κ1) is 15.4. The number of benzene rings is 1. The lowest BCUT2D eigenvalue weighted by Crippen LogP contribution is -2.15. The Hall–Kier alpha value is -2.94. The van der Waals surface area contributed by atoms with Crippen LogP contribution in [0.3, 0.4) is 0 Å². The van der Waals surface area contributed by atoms with Gasteiger partial charge < -0.3 is 10.6 Å². The highest BCUT2D eigenvalue weighted by molar-refractivity contribution is 5.88. The zero-order valence-corrected chi connectivity index (χ0v) is 13.1. The molecule has 6 heteroatoms. The fourth-order valence-corrected chi connectivity index (χ4v) is 1.99. The van der Waals surface area contributed by atoms with Gasteiger partial charge in [-0.1, -0.05) is 23.8 Å². The summed E-state index contributed by atoms with van der Waals surface area (Å²) in [6.45, 7) is 4.03. The first-order chi connectivity index (χ1) is 10.4. The zero-order chi connectivity index (χ0) is 16.3. The van der Waals surface area contributed by atoms with E-state index in [1.54, 1.807) is 25.1 Å². The lowest BCUT2D eigenvalue weighted by molar-refractivity contribution is 0.952. The van der Waals surface area contributed by atoms with Crippen molar-refractivity contribution in [3.8, 4) is 6.07 Å². The van der Waals surface area contributed by atoms with Crippen LogP contribution in [0.15, 0.2) is 18.2 Å². The number of rotatable bonds is 3. The predicted octanol–water partition coefficient (Wildman–Crippen LogP) is 2.20. The molecular formula is C16H18N6. The molecule has 0 radical (unpaired) electrons. The second-order valence-electron chi connectivity index (χ2n) is 5.24. The summed E-state index contributed by atoms with van der Waals surface area (Å²) in [7, 11) is 3.61. The molecule has 2 rings (SSSR count). The van der Waals surface area contributed by atoms with E-state index >= 15 is 0 Å². The van der Waals surface area contributed by atoms with Crippen LogP contribution in [0.4, 0.5) is 11.9 Å². The molecule has 1 aromatic heterocycles. The van der Waals surface area contributed by atoms with Crippen molar-refractivity contribution in [2.75, 3.05) is 24.7 Å². The van der Waals surface area contributed by atoms with Crippen molar-refractivity contribution in [2.24, 2.45) is 0 Å². The molecule has 6 nitrogen and oxygen atoms in total. The number of aryl methyl sites for hydroxylation is 2. The van der Waals surface area contributed by atoms with Gasteiger partial charge in [0.15, 0.2) is 5.82 Å². The van der Waals surface area contributed by atoms with Crippen LogP contribution in [0.5, 0.6) is 0 Å². The van der Waals surface area contributed by atoms with E-state index in [-0.39, 0.29) is 11.8 Å². The summed E-state index contributed by atoms with van der Waals surface area (Å²) in [5.41, 5.74) is 9.27. The average molecular weight is 294 g/mol. The molecule has 0 unspecified atom stereocenters. The van der Waals surface area contributed by atoms with Gasteiger partial charge in [-0.15, -0.1) is 0 Å². The fourth-order valence-electron chi connectivity index (χ4n) is 1.99. The Kier molecular flexibility index (Phi) is 4.37. The van der Waals surface area contributed by atoms with E-state index in [1.165, 1.54) is 5.56 Å². The average Bonchev–Trinajstić information content (AvgIpc) is 2.45. The Balaban J connectivity index is 2.53. The first-order valence-corrected chi connectivity index (χ1v) is 6.79. The van der Waals surface area contributed by atoms with Gasteiger partial charge in [-0.05, 0) is 31.1 Å². The van der Waals surface area contributed by atoms with Crippen molar-refractivity contribution >= 4 is 23.5 Å². The topological polar surface area (TPSA) is 91.7 Å². The van der Waals surface area contributed by atoms with Gasteiger partial charge in [-0.2, -0.15) is 20.2 Å². The van der Waals surface area contributed by atoms with Gasteiger partial charge in [0.05, 0.1) is 5.57 Å². The van der Waals surface area contributed by atoms with E-state index in [2.05, 4.69) is 27.1 Å². The normalized spacial score (nSPS) is 11.1. The third-order valence-corrected chi connectivity index (χ3v) is 3.13. The molecule has 1 aromatic carbocycles. The Bertz CT molecular complexity index is 771. The number of nitrogens with two attached hydrogens (primary N) is 1. The van der Waals surface area contributed by atoms with E-state index in [0.717, 1.165) is 11.1 Å². The largest absolute Gasteiger partial charge is 0.368 e. The van der Waals surface area contributed by atoms with Crippen LogP contribution < -0.4 is 10.6 Å². The summed E-state index contributed by atoms with van der Waals surface area (Å²) in [6.07, 6.45) is 1.77. The minimum absolute atomic E-state index is 0.0930. The van der Waals surface area contributed by atoms with Crippen molar-refractivity contribution < 1.29 is 0 Å². The molecule has 2 N–H and O–H groups in total. The molecule has 0 fully saturated rings. The number of nitriles is 1. The van der Waals surface area contributed by atoms with Gasteiger partial charge in [0.1, 0.15) is 6.07 Å². The molecule has 0 bridgehead atoms. The maximum Gasteiger partial charge on any atom is 0.230 e. The van der Waals surface area contributed by atoms with E-state index in [1.807, 2.05) is 26.0 Å². The summed E-state index contributed by atoms with van der Waals surface area (Å²) in [6, 6.07) is 8.17. The molecule has 22 heavy (non-hydrogen) atoms. The van der Waals surface area contributed by atoms with E-state index in [0.29, 0.717) is 11.5 Å². The number of nitrogen functional groups attached to an aromatic ring is 1. The van der Waals surface area contributed by atoms with Crippen LogP contribution in [-0.4, -0.2) is 29.0 Å². The van der Waals surface area contributed by atoms with Crippen LogP contribution in [0.2, 0.25) is 0 Å². The summed E-state index contributed by atoms with van der Waals surface area (Å²) < 4.78 is 0. The molecule has 0 amide bonds. The quantitative estimate of drug-likeness (QED) is 0.872. The van der Waals surface area contributed by atoms with Crippen LogP contribution in [0, 0.1) is 25.2 Å². The van der Waals surface area contributed by atoms with Crippen LogP contribution in [0.1, 0.15) is 22.5 Å². The van der Waals surface area contributed by atoms with Crippen molar-refractivity contribution in [3.63, 3.8) is 0 Å². The summed E-state index contributed by atoms with van der Waals surface area (Å²) in [4.78, 5) is 14.1. The predicted molar refractivity (Wildman–Crippen MR) is 88.0 cm³/mol. The van der Waals surface area contributed by atoms with Crippen LogP contribution in [-0.2, 0) is 0 Å². The fraction of sp³-hybridized carbons (Fsp3) is 0.250. The number of anilines is 2. The lowest BCUT2D eigenvalue weighted by Gasteiger charge is -2.11. The smallest absolute Gasteiger partial charge is 0.230 e. The molecule has 0 aliphatic carbocycles. The number of hydrogen-bond acceptors (Lipinski definition) is 6. The van der Waals surface area contributed by atoms with E-state index in [9.17, 15) is 5.26 Å². The third-order valence-electron chi connectivity index (χ3n) is 3.13. The maximum absolute atomic E-state index is 9.43. The standard InChI is InChI=1S/C16H18N6/c1-10-5-6-12(11(2)7-10)8-13(9-17)14-19-15(18)21-16(20-14)22(3)4/h5-8H,1-4H3,(H2,18,19,20,21). The third kappa shape index (κ3) is 3.38. The first-order valence-electron chi connectivity index (χ1n) is 6.79. The Labute approximate surface area is 130 Å². The van der Waals surface area contributed by atoms with E-state index in [4.69, 9.17) is 5.73 Å². The SMILES string of the molecule is Cc1ccc(C=C(C#N)c2nc(N)nc(N(C)C)n2)c(C)c1. The minimum Gasteiger partial charge on any atom is -0.368 e. The maximum atomic E-state index is 9.43. The van der Waals surface area contributed by atoms with Gasteiger partial charge in [-0.3, -0.25) is 0 Å². The highest BCUT2D eigenvalue weighted by atomic mass is 15.3. The molecular weight excluding hydrogens is 276 g/mol. The highest BCUT2D eigenvalue weighted by Gasteiger charge is 2.11. The Morgan fingerprint density at radius 2 is 1.95 bits per heavy atom.